The van der Waals surface area contributed by atoms with Crippen LogP contribution in [-0.4, -0.2) is 33.7 Å². The highest BCUT2D eigenvalue weighted by atomic mass is 31.3. The minimum atomic E-state index is -6.22. The lowest BCUT2D eigenvalue weighted by Crippen LogP contribution is -2.34. The summed E-state index contributed by atoms with van der Waals surface area (Å²) in [7, 11) is -15.7. The maximum atomic E-state index is 13.4. The number of hydrogen-bond donors (Lipinski definition) is 1. The van der Waals surface area contributed by atoms with E-state index in [1.807, 2.05) is 0 Å². The minimum absolute atomic E-state index is 0.0821. The Morgan fingerprint density at radius 2 is 2.03 bits per heavy atom. The van der Waals surface area contributed by atoms with Crippen LogP contribution in [0.1, 0.15) is 18.2 Å². The van der Waals surface area contributed by atoms with Gasteiger partial charge in [0.1, 0.15) is 6.23 Å². The largest absolute Gasteiger partial charge is 0.774 e. The van der Waals surface area contributed by atoms with Gasteiger partial charge < -0.3 is 28.2 Å². The number of rotatable bonds is 5. The lowest BCUT2D eigenvalue weighted by atomic mass is 10.1. The molecule has 2 fully saturated rings. The second kappa shape index (κ2) is 8.45. The third kappa shape index (κ3) is 4.53. The SMILES string of the molecule is Cc1cn([C@H]2C[C@H](N=[N+]=[N-])[C@@H](COP3OP(=O)([O-])C(F)(F)P(=O)([O-])O3)O2)c(=O)[nH]c1=O. The number of azide groups is 1. The van der Waals surface area contributed by atoms with Crippen molar-refractivity contribution in [2.24, 2.45) is 5.11 Å². The zero-order valence-corrected chi connectivity index (χ0v) is 17.9. The summed E-state index contributed by atoms with van der Waals surface area (Å²) < 4.78 is 68.9. The van der Waals surface area contributed by atoms with E-state index in [0.717, 1.165) is 4.57 Å². The van der Waals surface area contributed by atoms with Crippen molar-refractivity contribution >= 4 is 23.8 Å². The second-order valence-corrected chi connectivity index (χ2v) is 11.8. The third-order valence-electron chi connectivity index (χ3n) is 4.21. The van der Waals surface area contributed by atoms with Crippen molar-refractivity contribution in [3.8, 4) is 0 Å². The first-order chi connectivity index (χ1) is 14.3. The fourth-order valence-electron chi connectivity index (χ4n) is 2.64. The molecule has 0 bridgehead atoms. The van der Waals surface area contributed by atoms with Crippen molar-refractivity contribution in [1.29, 1.82) is 0 Å². The molecule has 15 nitrogen and oxygen atoms in total. The summed E-state index contributed by atoms with van der Waals surface area (Å²) in [6.45, 7) is 0.725. The summed E-state index contributed by atoms with van der Waals surface area (Å²) in [6.07, 6.45) is -1.10. The van der Waals surface area contributed by atoms with Gasteiger partial charge in [0.25, 0.3) is 5.56 Å². The highest BCUT2D eigenvalue weighted by molar-refractivity contribution is 7.80. The van der Waals surface area contributed by atoms with E-state index in [4.69, 9.17) is 14.8 Å². The number of halogens is 2. The molecule has 172 valence electrons. The summed E-state index contributed by atoms with van der Waals surface area (Å²) in [5, 5.41) is -1.81. The van der Waals surface area contributed by atoms with Crippen LogP contribution in [0, 0.1) is 6.92 Å². The Morgan fingerprint density at radius 1 is 1.42 bits per heavy atom. The van der Waals surface area contributed by atoms with Crippen LogP contribution < -0.4 is 21.0 Å². The zero-order chi connectivity index (χ0) is 23.2. The average Bonchev–Trinajstić information content (AvgIpc) is 3.04. The molecule has 2 saturated heterocycles. The predicted molar refractivity (Wildman–Crippen MR) is 92.7 cm³/mol. The molecule has 0 aromatic carbocycles. The molecule has 2 aliphatic rings. The molecule has 0 radical (unpaired) electrons. The molecule has 3 rings (SSSR count). The Morgan fingerprint density at radius 3 is 2.61 bits per heavy atom. The maximum Gasteiger partial charge on any atom is 0.369 e. The van der Waals surface area contributed by atoms with E-state index in [9.17, 15) is 37.3 Å². The minimum Gasteiger partial charge on any atom is -0.774 e. The number of aromatic nitrogens is 2. The summed E-state index contributed by atoms with van der Waals surface area (Å²) >= 11 is 0. The van der Waals surface area contributed by atoms with E-state index in [0.29, 0.717) is 0 Å². The van der Waals surface area contributed by atoms with E-state index >= 15 is 0 Å². The Bertz CT molecular complexity index is 1110. The molecule has 0 amide bonds. The predicted octanol–water partition coefficient (Wildman–Crippen LogP) is 0.759. The van der Waals surface area contributed by atoms with Crippen LogP contribution in [0.5, 0.6) is 0 Å². The third-order valence-corrected chi connectivity index (χ3v) is 10.1. The molecule has 1 aromatic heterocycles. The Hall–Kier alpha value is -1.50. The molecule has 3 heterocycles. The van der Waals surface area contributed by atoms with Crippen LogP contribution in [0.15, 0.2) is 20.9 Å². The molecule has 31 heavy (non-hydrogen) atoms. The van der Waals surface area contributed by atoms with Gasteiger partial charge in [-0.05, 0) is 12.5 Å². The Balaban J connectivity index is 1.75. The molecule has 0 saturated carbocycles. The van der Waals surface area contributed by atoms with Gasteiger partial charge in [-0.2, -0.15) is 8.78 Å². The van der Waals surface area contributed by atoms with Crippen LogP contribution in [0.25, 0.3) is 10.4 Å². The highest BCUT2D eigenvalue weighted by Crippen LogP contribution is 2.83. The molecule has 2 aliphatic heterocycles. The molecule has 2 unspecified atom stereocenters. The van der Waals surface area contributed by atoms with Crippen molar-refractivity contribution in [3.05, 3.63) is 43.0 Å². The van der Waals surface area contributed by atoms with Gasteiger partial charge >= 0.3 is 19.7 Å². The number of ether oxygens (including phenoxy) is 1. The van der Waals surface area contributed by atoms with Gasteiger partial charge in [-0.3, -0.25) is 23.0 Å². The molecule has 0 aliphatic carbocycles. The van der Waals surface area contributed by atoms with E-state index < -0.39 is 65.4 Å². The zero-order valence-electron chi connectivity index (χ0n) is 15.2. The summed E-state index contributed by atoms with van der Waals surface area (Å²) in [5.74, 6) is 0. The lowest BCUT2D eigenvalue weighted by Gasteiger charge is -2.44. The van der Waals surface area contributed by atoms with Crippen molar-refractivity contribution in [2.45, 2.75) is 37.1 Å². The lowest BCUT2D eigenvalue weighted by molar-refractivity contribution is -0.234. The van der Waals surface area contributed by atoms with Gasteiger partial charge in [-0.15, -0.1) is 0 Å². The highest BCUT2D eigenvalue weighted by Gasteiger charge is 2.60. The summed E-state index contributed by atoms with van der Waals surface area (Å²) in [5.41, 5.74) is 7.43. The van der Waals surface area contributed by atoms with Crippen molar-refractivity contribution < 1.29 is 45.6 Å². The van der Waals surface area contributed by atoms with Gasteiger partial charge in [0.15, 0.2) is 0 Å². The van der Waals surface area contributed by atoms with Crippen molar-refractivity contribution in [2.75, 3.05) is 6.61 Å². The molecular formula is C11H12F2N5O10P3-2. The molecule has 0 spiro atoms. The Labute approximate surface area is 171 Å². The number of nitrogens with one attached hydrogen (secondary N) is 1. The van der Waals surface area contributed by atoms with E-state index in [1.54, 1.807) is 0 Å². The number of nitrogens with zero attached hydrogens (tertiary/aromatic N) is 4. The topological polar surface area (TPSA) is 221 Å². The van der Waals surface area contributed by atoms with E-state index in [2.05, 4.69) is 23.6 Å². The fraction of sp³-hybridized carbons (Fsp3) is 0.636. The molecule has 5 atom stereocenters. The molecule has 1 aromatic rings. The van der Waals surface area contributed by atoms with Crippen LogP contribution in [-0.2, 0) is 27.0 Å². The number of hydrogen-bond acceptors (Lipinski definition) is 11. The summed E-state index contributed by atoms with van der Waals surface area (Å²) in [6, 6.07) is -0.992. The van der Waals surface area contributed by atoms with Crippen molar-refractivity contribution in [3.63, 3.8) is 0 Å². The van der Waals surface area contributed by atoms with Crippen LogP contribution in [0.2, 0.25) is 0 Å². The number of alkyl halides is 2. The van der Waals surface area contributed by atoms with Crippen LogP contribution in [0.3, 0.4) is 0 Å². The van der Waals surface area contributed by atoms with Crippen molar-refractivity contribution in [1.82, 2.24) is 9.55 Å². The fourth-order valence-corrected chi connectivity index (χ4v) is 7.72. The monoisotopic (exact) mass is 505 g/mol. The molecule has 1 N–H and O–H groups in total. The quantitative estimate of drug-likeness (QED) is 0.256. The second-order valence-electron chi connectivity index (χ2n) is 6.30. The average molecular weight is 505 g/mol. The first-order valence-electron chi connectivity index (χ1n) is 8.13. The van der Waals surface area contributed by atoms with Gasteiger partial charge in [0.05, 0.1) is 18.8 Å². The first-order valence-corrected chi connectivity index (χ1v) is 12.3. The van der Waals surface area contributed by atoms with E-state index in [1.165, 1.54) is 13.1 Å². The standard InChI is InChI=1S/C11H14F2N5O10P3/c1-5-3-18(10(20)15-9(5)19)8-2-6(16-17-14)7(26-8)4-25-29-27-30(21,22)11(12,13)31(23,24)28-29/h3,6-8H,2,4H2,1H3,(H,21,22)(H,23,24)(H,15,19,20)/p-2/t6-,7+,8+/m0/s1. The number of aryl methyl sites for hydroxylation is 1. The van der Waals surface area contributed by atoms with E-state index in [-0.39, 0.29) is 12.0 Å². The van der Waals surface area contributed by atoms with Gasteiger partial charge in [-0.1, -0.05) is 5.11 Å². The Kier molecular flexibility index (Phi) is 6.58. The van der Waals surface area contributed by atoms with Gasteiger partial charge in [0.2, 0.25) is 15.2 Å². The van der Waals surface area contributed by atoms with Gasteiger partial charge in [-0.25, -0.2) is 4.79 Å². The molecular weight excluding hydrogens is 493 g/mol. The van der Waals surface area contributed by atoms with Crippen LogP contribution >= 0.6 is 23.8 Å². The smallest absolute Gasteiger partial charge is 0.369 e. The van der Waals surface area contributed by atoms with Crippen LogP contribution in [0.4, 0.5) is 8.78 Å². The normalized spacial score (nSPS) is 37.3. The first kappa shape index (κ1) is 24.1. The number of H-pyrrole nitrogens is 1. The summed E-state index contributed by atoms with van der Waals surface area (Å²) in [4.78, 5) is 51.0. The molecule has 20 heteroatoms. The number of aromatic amines is 1. The van der Waals surface area contributed by atoms with Gasteiger partial charge in [0, 0.05) is 23.1 Å². The maximum absolute atomic E-state index is 13.4.